The van der Waals surface area contributed by atoms with Crippen LogP contribution in [0, 0.1) is 5.82 Å². The first-order valence-electron chi connectivity index (χ1n) is 5.08. The largest absolute Gasteiger partial charge is 0.329 e. The molecule has 1 atom stereocenters. The van der Waals surface area contributed by atoms with Crippen LogP contribution in [-0.4, -0.2) is 24.0 Å². The minimum atomic E-state index is -0.197. The van der Waals surface area contributed by atoms with Crippen molar-refractivity contribution in [3.8, 4) is 0 Å². The van der Waals surface area contributed by atoms with Crippen LogP contribution in [-0.2, 0) is 6.54 Å². The molecule has 0 spiro atoms. The Balaban J connectivity index is 2.02. The van der Waals surface area contributed by atoms with Gasteiger partial charge in [-0.25, -0.2) is 4.39 Å². The van der Waals surface area contributed by atoms with Crippen LogP contribution in [0.3, 0.4) is 0 Å². The minimum Gasteiger partial charge on any atom is -0.329 e. The van der Waals surface area contributed by atoms with Gasteiger partial charge < -0.3 is 5.73 Å². The van der Waals surface area contributed by atoms with Gasteiger partial charge in [0, 0.05) is 25.7 Å². The zero-order valence-corrected chi connectivity index (χ0v) is 10.0. The number of hydrogen-bond donors (Lipinski definition) is 1. The van der Waals surface area contributed by atoms with Crippen LogP contribution in [0.15, 0.2) is 22.7 Å². The zero-order valence-electron chi connectivity index (χ0n) is 8.42. The van der Waals surface area contributed by atoms with Crippen LogP contribution in [0.4, 0.5) is 4.39 Å². The lowest BCUT2D eigenvalue weighted by Crippen LogP contribution is -2.50. The normalized spacial score (nSPS) is 21.4. The molecule has 0 amide bonds. The number of likely N-dealkylation sites (tertiary alicyclic amines) is 1. The lowest BCUT2D eigenvalue weighted by molar-refractivity contribution is 0.0881. The Hall–Kier alpha value is -0.450. The fourth-order valence-corrected chi connectivity index (χ4v) is 2.09. The molecule has 0 aromatic heterocycles. The third-order valence-electron chi connectivity index (χ3n) is 2.91. The van der Waals surface area contributed by atoms with E-state index in [1.54, 1.807) is 12.1 Å². The molecule has 0 radical (unpaired) electrons. The van der Waals surface area contributed by atoms with Gasteiger partial charge in [-0.3, -0.25) is 4.90 Å². The van der Waals surface area contributed by atoms with E-state index in [4.69, 9.17) is 5.73 Å². The molecule has 2 nitrogen and oxygen atoms in total. The average Bonchev–Trinajstić information content (AvgIpc) is 2.19. The van der Waals surface area contributed by atoms with E-state index >= 15 is 0 Å². The van der Waals surface area contributed by atoms with Gasteiger partial charge in [-0.1, -0.05) is 6.07 Å². The predicted octanol–water partition coefficient (Wildman–Crippen LogP) is 2.12. The van der Waals surface area contributed by atoms with E-state index in [2.05, 4.69) is 20.8 Å². The summed E-state index contributed by atoms with van der Waals surface area (Å²) in [7, 11) is 0. The van der Waals surface area contributed by atoms with Crippen LogP contribution < -0.4 is 5.73 Å². The molecule has 1 heterocycles. The quantitative estimate of drug-likeness (QED) is 0.914. The summed E-state index contributed by atoms with van der Waals surface area (Å²) in [6, 6.07) is 5.76. The fourth-order valence-electron chi connectivity index (χ4n) is 1.84. The molecule has 1 unspecified atom stereocenters. The highest BCUT2D eigenvalue weighted by Crippen LogP contribution is 2.22. The molecule has 1 fully saturated rings. The second-order valence-corrected chi connectivity index (χ2v) is 4.75. The summed E-state index contributed by atoms with van der Waals surface area (Å²) in [4.78, 5) is 2.28. The number of nitrogens with zero attached hydrogens (tertiary/aromatic N) is 1. The summed E-state index contributed by atoms with van der Waals surface area (Å²) in [5.41, 5.74) is 6.62. The van der Waals surface area contributed by atoms with Crippen molar-refractivity contribution >= 4 is 15.9 Å². The number of rotatable bonds is 3. The van der Waals surface area contributed by atoms with Gasteiger partial charge in [-0.05, 0) is 40.0 Å². The van der Waals surface area contributed by atoms with E-state index in [-0.39, 0.29) is 5.82 Å². The molecule has 1 aliphatic heterocycles. The monoisotopic (exact) mass is 272 g/mol. The second kappa shape index (κ2) is 4.60. The van der Waals surface area contributed by atoms with E-state index in [0.717, 1.165) is 25.1 Å². The highest BCUT2D eigenvalue weighted by molar-refractivity contribution is 9.10. The van der Waals surface area contributed by atoms with Crippen LogP contribution in [0.5, 0.6) is 0 Å². The van der Waals surface area contributed by atoms with Crippen LogP contribution in [0.25, 0.3) is 0 Å². The van der Waals surface area contributed by atoms with Crippen molar-refractivity contribution < 1.29 is 4.39 Å². The Bertz CT molecular complexity index is 354. The van der Waals surface area contributed by atoms with Crippen molar-refractivity contribution in [3.63, 3.8) is 0 Å². The molecular weight excluding hydrogens is 259 g/mol. The van der Waals surface area contributed by atoms with Crippen molar-refractivity contribution in [1.82, 2.24) is 4.90 Å². The first-order chi connectivity index (χ1) is 7.20. The molecule has 82 valence electrons. The minimum absolute atomic E-state index is 0.197. The van der Waals surface area contributed by atoms with E-state index in [9.17, 15) is 4.39 Å². The second-order valence-electron chi connectivity index (χ2n) is 3.90. The van der Waals surface area contributed by atoms with Crippen molar-refractivity contribution in [1.29, 1.82) is 0 Å². The molecule has 0 bridgehead atoms. The molecule has 1 aromatic carbocycles. The third-order valence-corrected chi connectivity index (χ3v) is 3.55. The molecule has 0 saturated carbocycles. The highest BCUT2D eigenvalue weighted by atomic mass is 79.9. The van der Waals surface area contributed by atoms with Gasteiger partial charge >= 0.3 is 0 Å². The van der Waals surface area contributed by atoms with Crippen LogP contribution in [0.1, 0.15) is 12.0 Å². The molecule has 0 aliphatic carbocycles. The Labute approximate surface area is 97.4 Å². The van der Waals surface area contributed by atoms with E-state index in [1.807, 2.05) is 6.07 Å². The van der Waals surface area contributed by atoms with Crippen molar-refractivity contribution in [2.24, 2.45) is 5.73 Å². The molecule has 1 aliphatic rings. The predicted molar refractivity (Wildman–Crippen MR) is 62.0 cm³/mol. The lowest BCUT2D eigenvalue weighted by Gasteiger charge is -2.40. The van der Waals surface area contributed by atoms with Crippen molar-refractivity contribution in [2.75, 3.05) is 13.1 Å². The standard InChI is InChI=1S/C11H14BrFN2/c12-10-2-1-8(5-11(10)13)7-15-4-3-9(15)6-14/h1-2,5,9H,3-4,6-7,14H2. The van der Waals surface area contributed by atoms with Crippen LogP contribution >= 0.6 is 15.9 Å². The maximum atomic E-state index is 13.2. The molecule has 4 heteroatoms. The van der Waals surface area contributed by atoms with Gasteiger partial charge in [-0.15, -0.1) is 0 Å². The number of hydrogen-bond acceptors (Lipinski definition) is 2. The van der Waals surface area contributed by atoms with Crippen molar-refractivity contribution in [2.45, 2.75) is 19.0 Å². The molecule has 1 aromatic rings. The number of benzene rings is 1. The smallest absolute Gasteiger partial charge is 0.137 e. The van der Waals surface area contributed by atoms with E-state index < -0.39 is 0 Å². The first-order valence-corrected chi connectivity index (χ1v) is 5.88. The fraction of sp³-hybridized carbons (Fsp3) is 0.455. The molecule has 2 N–H and O–H groups in total. The summed E-state index contributed by atoms with van der Waals surface area (Å²) < 4.78 is 13.8. The third kappa shape index (κ3) is 2.38. The number of halogens is 2. The molecule has 15 heavy (non-hydrogen) atoms. The summed E-state index contributed by atoms with van der Waals surface area (Å²) in [6.45, 7) is 2.56. The van der Waals surface area contributed by atoms with Gasteiger partial charge in [0.25, 0.3) is 0 Å². The maximum Gasteiger partial charge on any atom is 0.137 e. The first kappa shape index (κ1) is 11.0. The van der Waals surface area contributed by atoms with Crippen molar-refractivity contribution in [3.05, 3.63) is 34.1 Å². The summed E-state index contributed by atoms with van der Waals surface area (Å²) >= 11 is 3.14. The Morgan fingerprint density at radius 3 is 2.87 bits per heavy atom. The Kier molecular flexibility index (Phi) is 3.38. The number of nitrogens with two attached hydrogens (primary N) is 1. The lowest BCUT2D eigenvalue weighted by atomic mass is 10.0. The van der Waals surface area contributed by atoms with Gasteiger partial charge in [0.15, 0.2) is 0 Å². The molecule has 2 rings (SSSR count). The molecule has 1 saturated heterocycles. The average molecular weight is 273 g/mol. The topological polar surface area (TPSA) is 29.3 Å². The summed E-state index contributed by atoms with van der Waals surface area (Å²) in [5.74, 6) is -0.197. The zero-order chi connectivity index (χ0) is 10.8. The van der Waals surface area contributed by atoms with E-state index in [1.165, 1.54) is 0 Å². The maximum absolute atomic E-state index is 13.2. The van der Waals surface area contributed by atoms with Crippen LogP contribution in [0.2, 0.25) is 0 Å². The van der Waals surface area contributed by atoms with E-state index in [0.29, 0.717) is 17.1 Å². The van der Waals surface area contributed by atoms with Gasteiger partial charge in [0.1, 0.15) is 5.82 Å². The van der Waals surface area contributed by atoms with Gasteiger partial charge in [-0.2, -0.15) is 0 Å². The van der Waals surface area contributed by atoms with Gasteiger partial charge in [0.05, 0.1) is 4.47 Å². The summed E-state index contributed by atoms with van der Waals surface area (Å²) in [5, 5.41) is 0. The molecular formula is C11H14BrFN2. The highest BCUT2D eigenvalue weighted by Gasteiger charge is 2.26. The summed E-state index contributed by atoms with van der Waals surface area (Å²) in [6.07, 6.45) is 1.16. The Morgan fingerprint density at radius 1 is 1.53 bits per heavy atom. The Morgan fingerprint density at radius 2 is 2.33 bits per heavy atom. The van der Waals surface area contributed by atoms with Gasteiger partial charge in [0.2, 0.25) is 0 Å². The SMILES string of the molecule is NCC1CCN1Cc1ccc(Br)c(F)c1.